The van der Waals surface area contributed by atoms with Crippen LogP contribution in [-0.2, 0) is 11.5 Å². The molecule has 5 aromatic rings. The van der Waals surface area contributed by atoms with E-state index in [1.807, 2.05) is 26.8 Å². The minimum absolute atomic E-state index is 0.0698. The van der Waals surface area contributed by atoms with Gasteiger partial charge in [0.25, 0.3) is 5.78 Å². The molecule has 5 rings (SSSR count). The van der Waals surface area contributed by atoms with E-state index < -0.39 is 5.63 Å². The summed E-state index contributed by atoms with van der Waals surface area (Å²) in [5.41, 5.74) is 3.51. The summed E-state index contributed by atoms with van der Waals surface area (Å²) in [7, 11) is 0. The quantitative estimate of drug-likeness (QED) is 0.268. The predicted octanol–water partition coefficient (Wildman–Crippen LogP) is 4.30. The van der Waals surface area contributed by atoms with E-state index >= 15 is 0 Å². The molecule has 0 bridgehead atoms. The van der Waals surface area contributed by atoms with E-state index in [0.717, 1.165) is 37.2 Å². The number of aromatic nitrogens is 6. The fourth-order valence-electron chi connectivity index (χ4n) is 3.52. The summed E-state index contributed by atoms with van der Waals surface area (Å²) >= 11 is 4.49. The smallest absolute Gasteiger partial charge is 0.336 e. The van der Waals surface area contributed by atoms with Crippen molar-refractivity contribution in [3.8, 4) is 5.75 Å². The minimum Gasteiger partial charge on any atom is -0.508 e. The van der Waals surface area contributed by atoms with Gasteiger partial charge in [-0.15, -0.1) is 15.3 Å². The summed E-state index contributed by atoms with van der Waals surface area (Å²) in [6, 6.07) is 6.57. The lowest BCUT2D eigenvalue weighted by molar-refractivity contribution is 0.472. The van der Waals surface area contributed by atoms with Crippen molar-refractivity contribution in [3.05, 3.63) is 62.2 Å². The zero-order valence-corrected chi connectivity index (χ0v) is 20.3. The van der Waals surface area contributed by atoms with Gasteiger partial charge in [0.15, 0.2) is 4.34 Å². The van der Waals surface area contributed by atoms with E-state index in [9.17, 15) is 9.90 Å². The SMILES string of the molecule is Cc1cc(C)n2nc(SCc3nnc(SCc4cc(=O)oc5cc(O)cc(C)c45)s3)nc2n1. The Kier molecular flexibility index (Phi) is 5.81. The number of hydrogen-bond donors (Lipinski definition) is 1. The molecular formula is C21H18N6O3S3. The Morgan fingerprint density at radius 3 is 2.76 bits per heavy atom. The third kappa shape index (κ3) is 4.59. The second kappa shape index (κ2) is 8.76. The molecule has 9 nitrogen and oxygen atoms in total. The van der Waals surface area contributed by atoms with Crippen LogP contribution < -0.4 is 5.63 Å². The number of rotatable bonds is 6. The first-order valence-corrected chi connectivity index (χ1v) is 12.7. The number of aryl methyl sites for hydroxylation is 3. The molecule has 0 unspecified atom stereocenters. The number of phenols is 1. The maximum atomic E-state index is 12.0. The van der Waals surface area contributed by atoms with Crippen LogP contribution in [0.3, 0.4) is 0 Å². The van der Waals surface area contributed by atoms with Crippen molar-refractivity contribution in [2.24, 2.45) is 0 Å². The van der Waals surface area contributed by atoms with Crippen molar-refractivity contribution >= 4 is 51.6 Å². The Labute approximate surface area is 200 Å². The number of aromatic hydroxyl groups is 1. The minimum atomic E-state index is -0.447. The van der Waals surface area contributed by atoms with Crippen LogP contribution in [0.15, 0.2) is 43.0 Å². The number of phenolic OH excluding ortho intramolecular Hbond substituents is 1. The van der Waals surface area contributed by atoms with Gasteiger partial charge < -0.3 is 9.52 Å². The molecule has 0 atom stereocenters. The molecule has 0 spiro atoms. The van der Waals surface area contributed by atoms with E-state index in [4.69, 9.17) is 4.42 Å². The van der Waals surface area contributed by atoms with Crippen molar-refractivity contribution in [1.29, 1.82) is 0 Å². The van der Waals surface area contributed by atoms with E-state index in [0.29, 0.717) is 28.0 Å². The van der Waals surface area contributed by atoms with E-state index in [1.54, 1.807) is 10.6 Å². The van der Waals surface area contributed by atoms with Crippen LogP contribution >= 0.6 is 34.9 Å². The average molecular weight is 499 g/mol. The first-order chi connectivity index (χ1) is 15.9. The standard InChI is InChI=1S/C21H18N6O3S3/c1-10-4-14(28)7-15-18(10)13(6-17(29)30-15)8-32-21-25-24-16(33-21)9-31-20-23-19-22-11(2)5-12(3)27(19)26-20/h4-7,28H,8-9H2,1-3H3. The molecule has 0 aliphatic heterocycles. The highest BCUT2D eigenvalue weighted by atomic mass is 32.2. The third-order valence-electron chi connectivity index (χ3n) is 4.83. The highest BCUT2D eigenvalue weighted by Gasteiger charge is 2.14. The van der Waals surface area contributed by atoms with Crippen LogP contribution in [-0.4, -0.2) is 34.9 Å². The fourth-order valence-corrected chi connectivity index (χ4v) is 6.20. The summed E-state index contributed by atoms with van der Waals surface area (Å²) < 4.78 is 7.80. The lowest BCUT2D eigenvalue weighted by Crippen LogP contribution is -2.01. The molecule has 0 aliphatic carbocycles. The molecule has 0 radical (unpaired) electrons. The number of fused-ring (bicyclic) bond motifs is 2. The van der Waals surface area contributed by atoms with Gasteiger partial charge in [-0.2, -0.15) is 4.98 Å². The van der Waals surface area contributed by atoms with Crippen molar-refractivity contribution in [3.63, 3.8) is 0 Å². The number of thioether (sulfide) groups is 2. The molecule has 33 heavy (non-hydrogen) atoms. The second-order valence-corrected chi connectivity index (χ2v) is 10.6. The Hall–Kier alpha value is -2.96. The van der Waals surface area contributed by atoms with Crippen molar-refractivity contribution in [2.45, 2.75) is 41.8 Å². The molecule has 1 aromatic carbocycles. The highest BCUT2D eigenvalue weighted by Crippen LogP contribution is 2.32. The Bertz CT molecular complexity index is 1560. The van der Waals surface area contributed by atoms with Gasteiger partial charge >= 0.3 is 5.63 Å². The number of nitrogens with zero attached hydrogens (tertiary/aromatic N) is 6. The van der Waals surface area contributed by atoms with Crippen molar-refractivity contribution in [2.75, 3.05) is 0 Å². The highest BCUT2D eigenvalue weighted by molar-refractivity contribution is 8.00. The molecule has 4 aromatic heterocycles. The predicted molar refractivity (Wildman–Crippen MR) is 128 cm³/mol. The summed E-state index contributed by atoms with van der Waals surface area (Å²) in [5, 5.41) is 25.2. The zero-order valence-electron chi connectivity index (χ0n) is 17.9. The third-order valence-corrected chi connectivity index (χ3v) is 7.97. The van der Waals surface area contributed by atoms with Gasteiger partial charge in [-0.1, -0.05) is 34.9 Å². The average Bonchev–Trinajstić information content (AvgIpc) is 3.36. The van der Waals surface area contributed by atoms with Gasteiger partial charge in [0.2, 0.25) is 5.16 Å². The lowest BCUT2D eigenvalue weighted by atomic mass is 10.1. The summed E-state index contributed by atoms with van der Waals surface area (Å²) in [6.45, 7) is 5.79. The Balaban J connectivity index is 1.28. The van der Waals surface area contributed by atoms with Gasteiger partial charge in [0.05, 0.1) is 5.75 Å². The van der Waals surface area contributed by atoms with Crippen LogP contribution in [0.5, 0.6) is 5.75 Å². The Morgan fingerprint density at radius 1 is 1.06 bits per heavy atom. The normalized spacial score (nSPS) is 11.6. The van der Waals surface area contributed by atoms with Crippen LogP contribution in [0.2, 0.25) is 0 Å². The van der Waals surface area contributed by atoms with E-state index in [-0.39, 0.29) is 5.75 Å². The summed E-state index contributed by atoms with van der Waals surface area (Å²) in [6.07, 6.45) is 0. The number of benzene rings is 1. The van der Waals surface area contributed by atoms with Crippen molar-refractivity contribution in [1.82, 2.24) is 29.8 Å². The summed E-state index contributed by atoms with van der Waals surface area (Å²) in [5.74, 6) is 1.80. The van der Waals surface area contributed by atoms with Gasteiger partial charge in [-0.05, 0) is 44.0 Å². The first-order valence-electron chi connectivity index (χ1n) is 9.91. The van der Waals surface area contributed by atoms with Crippen LogP contribution in [0.1, 0.15) is 27.5 Å². The Morgan fingerprint density at radius 2 is 1.91 bits per heavy atom. The molecule has 0 fully saturated rings. The molecule has 4 heterocycles. The fraction of sp³-hybridized carbons (Fsp3) is 0.238. The molecule has 12 heteroatoms. The van der Waals surface area contributed by atoms with Crippen molar-refractivity contribution < 1.29 is 9.52 Å². The lowest BCUT2D eigenvalue weighted by Gasteiger charge is -2.07. The second-order valence-electron chi connectivity index (χ2n) is 7.41. The van der Waals surface area contributed by atoms with Crippen LogP contribution in [0.25, 0.3) is 16.7 Å². The first kappa shape index (κ1) is 21.9. The number of hydrogen-bond acceptors (Lipinski definition) is 11. The van der Waals surface area contributed by atoms with Gasteiger partial charge in [-0.3, -0.25) is 0 Å². The largest absolute Gasteiger partial charge is 0.508 e. The van der Waals surface area contributed by atoms with E-state index in [1.165, 1.54) is 47.0 Å². The molecular weight excluding hydrogens is 480 g/mol. The maximum Gasteiger partial charge on any atom is 0.336 e. The van der Waals surface area contributed by atoms with Gasteiger partial charge in [-0.25, -0.2) is 14.3 Å². The van der Waals surface area contributed by atoms with Crippen LogP contribution in [0, 0.1) is 20.8 Å². The molecule has 0 amide bonds. The van der Waals surface area contributed by atoms with E-state index in [2.05, 4.69) is 25.3 Å². The van der Waals surface area contributed by atoms with Gasteiger partial charge in [0, 0.05) is 34.7 Å². The summed E-state index contributed by atoms with van der Waals surface area (Å²) in [4.78, 5) is 20.9. The molecule has 0 saturated heterocycles. The molecule has 168 valence electrons. The van der Waals surface area contributed by atoms with Crippen LogP contribution in [0.4, 0.5) is 0 Å². The molecule has 0 aliphatic rings. The maximum absolute atomic E-state index is 12.0. The van der Waals surface area contributed by atoms with Gasteiger partial charge in [0.1, 0.15) is 16.3 Å². The monoisotopic (exact) mass is 498 g/mol. The molecule has 1 N–H and O–H groups in total. The zero-order chi connectivity index (χ0) is 23.1. The molecule has 0 saturated carbocycles. The topological polar surface area (TPSA) is 119 Å².